The fourth-order valence-corrected chi connectivity index (χ4v) is 1.82. The van der Waals surface area contributed by atoms with Crippen molar-refractivity contribution in [1.82, 2.24) is 10.9 Å². The number of hydrazine groups is 1. The summed E-state index contributed by atoms with van der Waals surface area (Å²) in [4.78, 5) is 23.6. The summed E-state index contributed by atoms with van der Waals surface area (Å²) in [6.07, 6.45) is 0. The number of amides is 2. The largest absolute Gasteiger partial charge is 0.273 e. The van der Waals surface area contributed by atoms with E-state index in [1.165, 1.54) is 11.8 Å². The molecule has 0 atom stereocenters. The molecule has 1 aromatic carbocycles. The Hall–Kier alpha value is -1.20. The van der Waals surface area contributed by atoms with E-state index in [-0.39, 0.29) is 23.5 Å². The van der Waals surface area contributed by atoms with Crippen molar-refractivity contribution in [2.24, 2.45) is 5.92 Å². The quantitative estimate of drug-likeness (QED) is 0.659. The van der Waals surface area contributed by atoms with Crippen LogP contribution in [0, 0.1) is 5.92 Å². The first-order valence-electron chi connectivity index (χ1n) is 5.46. The minimum atomic E-state index is -0.246. The molecule has 0 spiro atoms. The summed E-state index contributed by atoms with van der Waals surface area (Å²) < 4.78 is 0. The summed E-state index contributed by atoms with van der Waals surface area (Å²) in [6, 6.07) is 7.21. The second-order valence-corrected chi connectivity index (χ2v) is 5.42. The molecule has 2 N–H and O–H groups in total. The number of carbonyl (C=O) groups is 2. The smallest absolute Gasteiger partial charge is 0.248 e. The van der Waals surface area contributed by atoms with Gasteiger partial charge in [-0.15, -0.1) is 11.8 Å². The normalized spacial score (nSPS) is 10.2. The molecule has 0 fully saturated rings. The van der Waals surface area contributed by atoms with Crippen LogP contribution in [0.2, 0.25) is 5.02 Å². The molecule has 1 aromatic rings. The molecule has 0 aliphatic rings. The van der Waals surface area contributed by atoms with Gasteiger partial charge in [-0.1, -0.05) is 25.4 Å². The monoisotopic (exact) mass is 286 g/mol. The Balaban J connectivity index is 2.29. The predicted octanol–water partition coefficient (Wildman–Crippen LogP) is 2.24. The lowest BCUT2D eigenvalue weighted by atomic mass is 10.2. The molecule has 0 radical (unpaired) electrons. The first-order chi connectivity index (χ1) is 8.49. The molecule has 4 nitrogen and oxygen atoms in total. The molecule has 0 bridgehead atoms. The maximum absolute atomic E-state index is 11.4. The van der Waals surface area contributed by atoms with Gasteiger partial charge in [-0.2, -0.15) is 0 Å². The first-order valence-corrected chi connectivity index (χ1v) is 6.82. The minimum absolute atomic E-state index is 0.158. The van der Waals surface area contributed by atoms with Crippen molar-refractivity contribution in [2.75, 3.05) is 5.75 Å². The number of halogens is 1. The van der Waals surface area contributed by atoms with Crippen LogP contribution in [0.25, 0.3) is 0 Å². The molecule has 18 heavy (non-hydrogen) atoms. The predicted molar refractivity (Wildman–Crippen MR) is 73.3 cm³/mol. The van der Waals surface area contributed by atoms with Gasteiger partial charge in [0.1, 0.15) is 0 Å². The maximum atomic E-state index is 11.4. The first kappa shape index (κ1) is 14.9. The van der Waals surface area contributed by atoms with Crippen molar-refractivity contribution in [1.29, 1.82) is 0 Å². The van der Waals surface area contributed by atoms with E-state index in [9.17, 15) is 9.59 Å². The number of rotatable bonds is 4. The molecule has 0 heterocycles. The van der Waals surface area contributed by atoms with E-state index in [2.05, 4.69) is 10.9 Å². The molecular formula is C12H15ClN2O2S. The van der Waals surface area contributed by atoms with Gasteiger partial charge in [0.2, 0.25) is 11.8 Å². The van der Waals surface area contributed by atoms with Crippen molar-refractivity contribution in [2.45, 2.75) is 18.7 Å². The lowest BCUT2D eigenvalue weighted by Gasteiger charge is -2.08. The Morgan fingerprint density at radius 3 is 2.39 bits per heavy atom. The van der Waals surface area contributed by atoms with Crippen molar-refractivity contribution >= 4 is 35.2 Å². The standard InChI is InChI=1S/C12H15ClN2O2S/c1-8(2)12(17)15-14-11(16)7-18-10-5-3-9(13)4-6-10/h3-6,8H,7H2,1-2H3,(H,14,16)(H,15,17). The third-order valence-corrected chi connectivity index (χ3v) is 3.30. The van der Waals surface area contributed by atoms with E-state index in [0.29, 0.717) is 5.02 Å². The topological polar surface area (TPSA) is 58.2 Å². The number of hydrogen-bond donors (Lipinski definition) is 2. The summed E-state index contributed by atoms with van der Waals surface area (Å²) in [7, 11) is 0. The molecule has 0 aliphatic heterocycles. The zero-order valence-electron chi connectivity index (χ0n) is 10.2. The average Bonchev–Trinajstić information content (AvgIpc) is 2.35. The van der Waals surface area contributed by atoms with E-state index >= 15 is 0 Å². The van der Waals surface area contributed by atoms with Crippen LogP contribution in [0.3, 0.4) is 0 Å². The molecule has 98 valence electrons. The maximum Gasteiger partial charge on any atom is 0.248 e. The van der Waals surface area contributed by atoms with Gasteiger partial charge < -0.3 is 0 Å². The van der Waals surface area contributed by atoms with Crippen LogP contribution in [-0.2, 0) is 9.59 Å². The molecule has 0 aromatic heterocycles. The average molecular weight is 287 g/mol. The van der Waals surface area contributed by atoms with Crippen LogP contribution in [-0.4, -0.2) is 17.6 Å². The summed E-state index contributed by atoms with van der Waals surface area (Å²) >= 11 is 7.13. The van der Waals surface area contributed by atoms with E-state index in [4.69, 9.17) is 11.6 Å². The summed E-state index contributed by atoms with van der Waals surface area (Å²) in [5.74, 6) is -0.377. The molecule has 0 aliphatic carbocycles. The number of thioether (sulfide) groups is 1. The highest BCUT2D eigenvalue weighted by molar-refractivity contribution is 8.00. The Labute approximate surface area is 115 Å². The highest BCUT2D eigenvalue weighted by atomic mass is 35.5. The van der Waals surface area contributed by atoms with Crippen LogP contribution in [0.1, 0.15) is 13.8 Å². The van der Waals surface area contributed by atoms with Crippen LogP contribution in [0.15, 0.2) is 29.2 Å². The van der Waals surface area contributed by atoms with Crippen LogP contribution in [0.4, 0.5) is 0 Å². The number of hydrogen-bond acceptors (Lipinski definition) is 3. The van der Waals surface area contributed by atoms with Crippen molar-refractivity contribution in [3.05, 3.63) is 29.3 Å². The molecule has 6 heteroatoms. The van der Waals surface area contributed by atoms with Gasteiger partial charge in [-0.3, -0.25) is 20.4 Å². The van der Waals surface area contributed by atoms with Crippen molar-refractivity contribution < 1.29 is 9.59 Å². The zero-order chi connectivity index (χ0) is 13.5. The number of carbonyl (C=O) groups excluding carboxylic acids is 2. The van der Waals surface area contributed by atoms with Gasteiger partial charge >= 0.3 is 0 Å². The Kier molecular flexibility index (Phi) is 6.01. The highest BCUT2D eigenvalue weighted by Crippen LogP contribution is 2.19. The highest BCUT2D eigenvalue weighted by Gasteiger charge is 2.08. The van der Waals surface area contributed by atoms with Crippen LogP contribution < -0.4 is 10.9 Å². The molecule has 1 rings (SSSR count). The van der Waals surface area contributed by atoms with Gasteiger partial charge in [0.15, 0.2) is 0 Å². The van der Waals surface area contributed by atoms with Gasteiger partial charge in [0.05, 0.1) is 5.75 Å². The lowest BCUT2D eigenvalue weighted by Crippen LogP contribution is -2.44. The van der Waals surface area contributed by atoms with Gasteiger partial charge in [-0.05, 0) is 24.3 Å². The molecule has 0 saturated carbocycles. The fourth-order valence-electron chi connectivity index (χ4n) is 0.991. The second-order valence-electron chi connectivity index (χ2n) is 3.93. The molecule has 0 saturated heterocycles. The Morgan fingerprint density at radius 2 is 1.83 bits per heavy atom. The minimum Gasteiger partial charge on any atom is -0.273 e. The molecule has 0 unspecified atom stereocenters. The van der Waals surface area contributed by atoms with Gasteiger partial charge in [0.25, 0.3) is 0 Å². The Morgan fingerprint density at radius 1 is 1.22 bits per heavy atom. The van der Waals surface area contributed by atoms with Crippen molar-refractivity contribution in [3.8, 4) is 0 Å². The van der Waals surface area contributed by atoms with Gasteiger partial charge in [-0.25, -0.2) is 0 Å². The second kappa shape index (κ2) is 7.28. The fraction of sp³-hybridized carbons (Fsp3) is 0.333. The van der Waals surface area contributed by atoms with Crippen molar-refractivity contribution in [3.63, 3.8) is 0 Å². The molecule has 2 amide bonds. The summed E-state index contributed by atoms with van der Waals surface area (Å²) in [5, 5.41) is 0.660. The van der Waals surface area contributed by atoms with E-state index < -0.39 is 0 Å². The Bertz CT molecular complexity index is 421. The van der Waals surface area contributed by atoms with E-state index in [0.717, 1.165) is 4.90 Å². The van der Waals surface area contributed by atoms with E-state index in [1.807, 2.05) is 12.1 Å². The SMILES string of the molecule is CC(C)C(=O)NNC(=O)CSc1ccc(Cl)cc1. The zero-order valence-corrected chi connectivity index (χ0v) is 11.8. The molecular weight excluding hydrogens is 272 g/mol. The van der Waals surface area contributed by atoms with Gasteiger partial charge in [0, 0.05) is 15.8 Å². The number of nitrogens with one attached hydrogen (secondary N) is 2. The van der Waals surface area contributed by atoms with Crippen LogP contribution in [0.5, 0.6) is 0 Å². The third-order valence-electron chi connectivity index (χ3n) is 2.03. The third kappa shape index (κ3) is 5.42. The van der Waals surface area contributed by atoms with Crippen LogP contribution >= 0.6 is 23.4 Å². The lowest BCUT2D eigenvalue weighted by molar-refractivity contribution is -0.129. The summed E-state index contributed by atoms with van der Waals surface area (Å²) in [5.41, 5.74) is 4.71. The van der Waals surface area contributed by atoms with E-state index in [1.54, 1.807) is 26.0 Å². The number of benzene rings is 1. The summed E-state index contributed by atoms with van der Waals surface area (Å²) in [6.45, 7) is 3.51.